The zero-order valence-electron chi connectivity index (χ0n) is 11.3. The van der Waals surface area contributed by atoms with Crippen LogP contribution in [0, 0.1) is 5.82 Å². The summed E-state index contributed by atoms with van der Waals surface area (Å²) in [5.74, 6) is 0.684. The second kappa shape index (κ2) is 5.43. The zero-order valence-corrected chi connectivity index (χ0v) is 11.3. The number of hydrogen-bond donors (Lipinski definition) is 2. The summed E-state index contributed by atoms with van der Waals surface area (Å²) in [4.78, 5) is 7.89. The first-order chi connectivity index (χ1) is 9.74. The fourth-order valence-electron chi connectivity index (χ4n) is 2.30. The highest BCUT2D eigenvalue weighted by Crippen LogP contribution is 2.16. The molecule has 0 radical (unpaired) electrons. The number of nitrogens with one attached hydrogen (secondary N) is 2. The highest BCUT2D eigenvalue weighted by atomic mass is 19.1. The van der Waals surface area contributed by atoms with Crippen LogP contribution in [0.15, 0.2) is 42.5 Å². The minimum Gasteiger partial charge on any atom is -0.342 e. The molecular formula is C16H16FN3. The Balaban J connectivity index is 1.86. The number of rotatable bonds is 4. The van der Waals surface area contributed by atoms with Crippen molar-refractivity contribution in [2.24, 2.45) is 0 Å². The van der Waals surface area contributed by atoms with Crippen molar-refractivity contribution in [3.8, 4) is 0 Å². The average Bonchev–Trinajstić information content (AvgIpc) is 2.83. The second-order valence-corrected chi connectivity index (χ2v) is 4.87. The van der Waals surface area contributed by atoms with Gasteiger partial charge in [-0.25, -0.2) is 9.37 Å². The fraction of sp³-hybridized carbons (Fsp3) is 0.188. The van der Waals surface area contributed by atoms with Gasteiger partial charge in [0.25, 0.3) is 0 Å². The lowest BCUT2D eigenvalue weighted by molar-refractivity contribution is 0.627. The van der Waals surface area contributed by atoms with Crippen molar-refractivity contribution in [1.82, 2.24) is 15.3 Å². The summed E-state index contributed by atoms with van der Waals surface area (Å²) < 4.78 is 12.9. The summed E-state index contributed by atoms with van der Waals surface area (Å²) in [5, 5.41) is 3.13. The smallest absolute Gasteiger partial charge is 0.123 e. The third-order valence-corrected chi connectivity index (χ3v) is 3.26. The molecule has 2 aromatic carbocycles. The molecule has 0 aliphatic carbocycles. The van der Waals surface area contributed by atoms with Crippen LogP contribution in [0.1, 0.15) is 17.0 Å². The standard InChI is InChI=1S/C16H16FN3/c1-18-10-12-4-7-14-15(8-12)20-16(19-14)9-11-2-5-13(17)6-3-11/h2-8,18H,9-10H2,1H3,(H,19,20). The van der Waals surface area contributed by atoms with Gasteiger partial charge in [0.15, 0.2) is 0 Å². The van der Waals surface area contributed by atoms with E-state index < -0.39 is 0 Å². The third-order valence-electron chi connectivity index (χ3n) is 3.26. The van der Waals surface area contributed by atoms with E-state index in [2.05, 4.69) is 27.4 Å². The highest BCUT2D eigenvalue weighted by molar-refractivity contribution is 5.75. The average molecular weight is 269 g/mol. The van der Waals surface area contributed by atoms with Gasteiger partial charge >= 0.3 is 0 Å². The van der Waals surface area contributed by atoms with Gasteiger partial charge in [0, 0.05) is 13.0 Å². The molecule has 3 aromatic rings. The number of nitrogens with zero attached hydrogens (tertiary/aromatic N) is 1. The van der Waals surface area contributed by atoms with E-state index in [0.29, 0.717) is 6.42 Å². The Labute approximate surface area is 116 Å². The van der Waals surface area contributed by atoms with Crippen LogP contribution in [0.4, 0.5) is 4.39 Å². The van der Waals surface area contributed by atoms with Crippen LogP contribution in [0.25, 0.3) is 11.0 Å². The van der Waals surface area contributed by atoms with Gasteiger partial charge in [-0.2, -0.15) is 0 Å². The van der Waals surface area contributed by atoms with Crippen LogP contribution in [0.5, 0.6) is 0 Å². The van der Waals surface area contributed by atoms with Crippen LogP contribution in [-0.2, 0) is 13.0 Å². The van der Waals surface area contributed by atoms with E-state index in [-0.39, 0.29) is 5.82 Å². The predicted molar refractivity (Wildman–Crippen MR) is 78.1 cm³/mol. The first-order valence-corrected chi connectivity index (χ1v) is 6.61. The Bertz CT molecular complexity index is 716. The Morgan fingerprint density at radius 2 is 1.85 bits per heavy atom. The molecule has 0 saturated heterocycles. The van der Waals surface area contributed by atoms with Gasteiger partial charge < -0.3 is 10.3 Å². The first-order valence-electron chi connectivity index (χ1n) is 6.61. The minimum atomic E-state index is -0.213. The van der Waals surface area contributed by atoms with Crippen molar-refractivity contribution in [3.05, 3.63) is 65.2 Å². The number of imidazole rings is 1. The molecule has 4 heteroatoms. The van der Waals surface area contributed by atoms with Crippen LogP contribution in [-0.4, -0.2) is 17.0 Å². The first kappa shape index (κ1) is 12.8. The SMILES string of the molecule is CNCc1ccc2nc(Cc3ccc(F)cc3)[nH]c2c1. The van der Waals surface area contributed by atoms with Crippen molar-refractivity contribution in [2.75, 3.05) is 7.05 Å². The summed E-state index contributed by atoms with van der Waals surface area (Å²) in [6.07, 6.45) is 0.677. The molecule has 1 heterocycles. The van der Waals surface area contributed by atoms with E-state index in [0.717, 1.165) is 29.0 Å². The minimum absolute atomic E-state index is 0.213. The van der Waals surface area contributed by atoms with Gasteiger partial charge in [-0.05, 0) is 42.4 Å². The number of aromatic nitrogens is 2. The molecule has 0 amide bonds. The largest absolute Gasteiger partial charge is 0.342 e. The Hall–Kier alpha value is -2.20. The van der Waals surface area contributed by atoms with Crippen molar-refractivity contribution in [2.45, 2.75) is 13.0 Å². The summed E-state index contributed by atoms with van der Waals surface area (Å²) in [7, 11) is 1.93. The lowest BCUT2D eigenvalue weighted by atomic mass is 10.1. The lowest BCUT2D eigenvalue weighted by Crippen LogP contribution is -2.04. The molecule has 3 nitrogen and oxygen atoms in total. The molecule has 20 heavy (non-hydrogen) atoms. The number of H-pyrrole nitrogens is 1. The van der Waals surface area contributed by atoms with Crippen LogP contribution in [0.3, 0.4) is 0 Å². The molecular weight excluding hydrogens is 253 g/mol. The van der Waals surface area contributed by atoms with Gasteiger partial charge in [-0.3, -0.25) is 0 Å². The van der Waals surface area contributed by atoms with E-state index in [9.17, 15) is 4.39 Å². The van der Waals surface area contributed by atoms with Gasteiger partial charge in [-0.15, -0.1) is 0 Å². The number of fused-ring (bicyclic) bond motifs is 1. The lowest BCUT2D eigenvalue weighted by Gasteiger charge is -1.98. The Kier molecular flexibility index (Phi) is 3.48. The number of hydrogen-bond acceptors (Lipinski definition) is 2. The molecule has 0 atom stereocenters. The van der Waals surface area contributed by atoms with E-state index in [1.54, 1.807) is 12.1 Å². The van der Waals surface area contributed by atoms with E-state index in [1.807, 2.05) is 13.1 Å². The monoisotopic (exact) mass is 269 g/mol. The molecule has 0 unspecified atom stereocenters. The molecule has 0 aliphatic rings. The van der Waals surface area contributed by atoms with E-state index >= 15 is 0 Å². The van der Waals surface area contributed by atoms with Crippen molar-refractivity contribution in [3.63, 3.8) is 0 Å². The van der Waals surface area contributed by atoms with Crippen LogP contribution < -0.4 is 5.32 Å². The topological polar surface area (TPSA) is 40.7 Å². The quantitative estimate of drug-likeness (QED) is 0.764. The maximum Gasteiger partial charge on any atom is 0.123 e. The second-order valence-electron chi connectivity index (χ2n) is 4.87. The Morgan fingerprint density at radius 1 is 1.10 bits per heavy atom. The van der Waals surface area contributed by atoms with Crippen LogP contribution in [0.2, 0.25) is 0 Å². The zero-order chi connectivity index (χ0) is 13.9. The van der Waals surface area contributed by atoms with Crippen molar-refractivity contribution >= 4 is 11.0 Å². The molecule has 2 N–H and O–H groups in total. The predicted octanol–water partition coefficient (Wildman–Crippen LogP) is 3.01. The van der Waals surface area contributed by atoms with Gasteiger partial charge in [0.05, 0.1) is 11.0 Å². The van der Waals surface area contributed by atoms with Crippen molar-refractivity contribution in [1.29, 1.82) is 0 Å². The van der Waals surface area contributed by atoms with Crippen molar-refractivity contribution < 1.29 is 4.39 Å². The molecule has 3 rings (SSSR count). The van der Waals surface area contributed by atoms with E-state index in [4.69, 9.17) is 0 Å². The fourth-order valence-corrected chi connectivity index (χ4v) is 2.30. The normalized spacial score (nSPS) is 11.1. The number of halogens is 1. The van der Waals surface area contributed by atoms with Gasteiger partial charge in [0.1, 0.15) is 11.6 Å². The summed E-state index contributed by atoms with van der Waals surface area (Å²) in [6.45, 7) is 0.836. The summed E-state index contributed by atoms with van der Waals surface area (Å²) in [6, 6.07) is 12.7. The maximum absolute atomic E-state index is 12.9. The van der Waals surface area contributed by atoms with Gasteiger partial charge in [0.2, 0.25) is 0 Å². The van der Waals surface area contributed by atoms with Gasteiger partial charge in [-0.1, -0.05) is 18.2 Å². The molecule has 0 saturated carbocycles. The third kappa shape index (κ3) is 2.70. The molecule has 1 aromatic heterocycles. The molecule has 0 spiro atoms. The maximum atomic E-state index is 12.9. The molecule has 0 aliphatic heterocycles. The summed E-state index contributed by atoms with van der Waals surface area (Å²) >= 11 is 0. The van der Waals surface area contributed by atoms with E-state index in [1.165, 1.54) is 17.7 Å². The molecule has 0 fully saturated rings. The highest BCUT2D eigenvalue weighted by Gasteiger charge is 2.05. The van der Waals surface area contributed by atoms with Crippen LogP contribution >= 0.6 is 0 Å². The number of aromatic amines is 1. The molecule has 102 valence electrons. The summed E-state index contributed by atoms with van der Waals surface area (Å²) in [5.41, 5.74) is 4.26. The number of benzene rings is 2. The molecule has 0 bridgehead atoms. The Morgan fingerprint density at radius 3 is 2.60 bits per heavy atom.